The van der Waals surface area contributed by atoms with Crippen LogP contribution in [0.2, 0.25) is 5.02 Å². The van der Waals surface area contributed by atoms with E-state index in [9.17, 15) is 0 Å². The standard InChI is InChI=1S/C14H16ClN3O/c1-16-13(9-10-3-5-11(15)6-4-10)12-7-8-14(19-2)18-17-12/h3-8,13,16H,9H2,1-2H3. The summed E-state index contributed by atoms with van der Waals surface area (Å²) >= 11 is 5.88. The van der Waals surface area contributed by atoms with Crippen molar-refractivity contribution in [2.45, 2.75) is 12.5 Å². The molecule has 1 aromatic heterocycles. The molecule has 1 heterocycles. The highest BCUT2D eigenvalue weighted by molar-refractivity contribution is 6.30. The summed E-state index contributed by atoms with van der Waals surface area (Å²) in [5.74, 6) is 0.519. The van der Waals surface area contributed by atoms with Gasteiger partial charge in [-0.3, -0.25) is 0 Å². The summed E-state index contributed by atoms with van der Waals surface area (Å²) in [6, 6.07) is 11.7. The summed E-state index contributed by atoms with van der Waals surface area (Å²) in [5, 5.41) is 12.1. The van der Waals surface area contributed by atoms with Crippen molar-refractivity contribution < 1.29 is 4.74 Å². The molecule has 1 aromatic carbocycles. The van der Waals surface area contributed by atoms with Crippen LogP contribution in [0.4, 0.5) is 0 Å². The van der Waals surface area contributed by atoms with Gasteiger partial charge >= 0.3 is 0 Å². The number of benzene rings is 1. The zero-order valence-electron chi connectivity index (χ0n) is 10.9. The first-order valence-electron chi connectivity index (χ1n) is 6.02. The van der Waals surface area contributed by atoms with Gasteiger partial charge in [-0.1, -0.05) is 23.7 Å². The second-order valence-corrected chi connectivity index (χ2v) is 4.61. The van der Waals surface area contributed by atoms with Gasteiger partial charge in [0.1, 0.15) is 0 Å². The summed E-state index contributed by atoms with van der Waals surface area (Å²) in [4.78, 5) is 0. The van der Waals surface area contributed by atoms with Crippen molar-refractivity contribution >= 4 is 11.6 Å². The monoisotopic (exact) mass is 277 g/mol. The van der Waals surface area contributed by atoms with Crippen molar-refractivity contribution in [2.24, 2.45) is 0 Å². The van der Waals surface area contributed by atoms with Gasteiger partial charge < -0.3 is 10.1 Å². The molecule has 0 amide bonds. The quantitative estimate of drug-likeness (QED) is 0.913. The van der Waals surface area contributed by atoms with Gasteiger partial charge in [0.25, 0.3) is 0 Å². The van der Waals surface area contributed by atoms with Crippen LogP contribution in [0, 0.1) is 0 Å². The normalized spacial score (nSPS) is 12.2. The molecule has 2 aromatic rings. The highest BCUT2D eigenvalue weighted by atomic mass is 35.5. The highest BCUT2D eigenvalue weighted by Gasteiger charge is 2.12. The molecule has 100 valence electrons. The van der Waals surface area contributed by atoms with Crippen LogP contribution in [-0.4, -0.2) is 24.4 Å². The molecule has 5 heteroatoms. The van der Waals surface area contributed by atoms with E-state index in [1.54, 1.807) is 7.11 Å². The largest absolute Gasteiger partial charge is 0.480 e. The smallest absolute Gasteiger partial charge is 0.233 e. The molecule has 19 heavy (non-hydrogen) atoms. The van der Waals surface area contributed by atoms with E-state index in [1.165, 1.54) is 5.56 Å². The Morgan fingerprint density at radius 3 is 2.42 bits per heavy atom. The van der Waals surface area contributed by atoms with E-state index in [4.69, 9.17) is 16.3 Å². The number of halogens is 1. The van der Waals surface area contributed by atoms with Gasteiger partial charge in [0.05, 0.1) is 18.8 Å². The van der Waals surface area contributed by atoms with E-state index in [-0.39, 0.29) is 6.04 Å². The third kappa shape index (κ3) is 3.66. The van der Waals surface area contributed by atoms with Gasteiger partial charge in [-0.25, -0.2) is 0 Å². The first-order valence-corrected chi connectivity index (χ1v) is 6.40. The molecule has 1 atom stereocenters. The van der Waals surface area contributed by atoms with Gasteiger partial charge in [0.15, 0.2) is 0 Å². The van der Waals surface area contributed by atoms with Crippen molar-refractivity contribution in [1.82, 2.24) is 15.5 Å². The van der Waals surface area contributed by atoms with Crippen LogP contribution in [0.15, 0.2) is 36.4 Å². The Bertz CT molecular complexity index is 513. The molecule has 2 rings (SSSR count). The predicted molar refractivity (Wildman–Crippen MR) is 75.5 cm³/mol. The Balaban J connectivity index is 2.12. The van der Waals surface area contributed by atoms with Gasteiger partial charge in [-0.05, 0) is 37.2 Å². The first kappa shape index (κ1) is 13.8. The highest BCUT2D eigenvalue weighted by Crippen LogP contribution is 2.18. The second kappa shape index (κ2) is 6.50. The van der Waals surface area contributed by atoms with Crippen LogP contribution in [0.5, 0.6) is 5.88 Å². The molecule has 0 fully saturated rings. The fourth-order valence-corrected chi connectivity index (χ4v) is 1.96. The van der Waals surface area contributed by atoms with Gasteiger partial charge in [-0.2, -0.15) is 5.10 Å². The third-order valence-corrected chi connectivity index (χ3v) is 3.18. The minimum Gasteiger partial charge on any atom is -0.480 e. The molecule has 0 saturated heterocycles. The van der Waals surface area contributed by atoms with Crippen LogP contribution >= 0.6 is 11.6 Å². The maximum Gasteiger partial charge on any atom is 0.233 e. The maximum absolute atomic E-state index is 5.88. The van der Waals surface area contributed by atoms with E-state index in [1.807, 2.05) is 43.4 Å². The lowest BCUT2D eigenvalue weighted by Gasteiger charge is -2.15. The van der Waals surface area contributed by atoms with E-state index in [0.717, 1.165) is 17.1 Å². The van der Waals surface area contributed by atoms with E-state index in [2.05, 4.69) is 15.5 Å². The van der Waals surface area contributed by atoms with Crippen LogP contribution < -0.4 is 10.1 Å². The summed E-state index contributed by atoms with van der Waals surface area (Å²) in [6.07, 6.45) is 0.828. The molecule has 0 aliphatic rings. The summed E-state index contributed by atoms with van der Waals surface area (Å²) in [5.41, 5.74) is 2.08. The molecule has 0 aliphatic heterocycles. The predicted octanol–water partition coefficient (Wildman–Crippen LogP) is 2.64. The Morgan fingerprint density at radius 2 is 1.89 bits per heavy atom. The van der Waals surface area contributed by atoms with Crippen molar-refractivity contribution in [3.63, 3.8) is 0 Å². The SMILES string of the molecule is CNC(Cc1ccc(Cl)cc1)c1ccc(OC)nn1. The summed E-state index contributed by atoms with van der Waals surface area (Å²) in [7, 11) is 3.49. The van der Waals surface area contributed by atoms with Crippen LogP contribution in [-0.2, 0) is 6.42 Å². The second-order valence-electron chi connectivity index (χ2n) is 4.17. The lowest BCUT2D eigenvalue weighted by atomic mass is 10.0. The number of likely N-dealkylation sites (N-methyl/N-ethyl adjacent to an activating group) is 1. The Hall–Kier alpha value is -1.65. The van der Waals surface area contributed by atoms with E-state index < -0.39 is 0 Å². The lowest BCUT2D eigenvalue weighted by Crippen LogP contribution is -2.20. The minimum absolute atomic E-state index is 0.111. The third-order valence-electron chi connectivity index (χ3n) is 2.93. The molecule has 4 nitrogen and oxygen atoms in total. The molecule has 1 N–H and O–H groups in total. The van der Waals surface area contributed by atoms with Crippen LogP contribution in [0.25, 0.3) is 0 Å². The Morgan fingerprint density at radius 1 is 1.16 bits per heavy atom. The van der Waals surface area contributed by atoms with E-state index in [0.29, 0.717) is 5.88 Å². The topological polar surface area (TPSA) is 47.0 Å². The molecule has 0 spiro atoms. The average Bonchev–Trinajstić information content (AvgIpc) is 2.47. The lowest BCUT2D eigenvalue weighted by molar-refractivity contribution is 0.389. The maximum atomic E-state index is 5.88. The van der Waals surface area contributed by atoms with Gasteiger partial charge in [0.2, 0.25) is 5.88 Å². The van der Waals surface area contributed by atoms with Crippen LogP contribution in [0.3, 0.4) is 0 Å². The molecule has 0 bridgehead atoms. The van der Waals surface area contributed by atoms with Gasteiger partial charge in [0, 0.05) is 11.1 Å². The fraction of sp³-hybridized carbons (Fsp3) is 0.286. The average molecular weight is 278 g/mol. The zero-order chi connectivity index (χ0) is 13.7. The first-order chi connectivity index (χ1) is 9.22. The Kier molecular flexibility index (Phi) is 4.71. The number of hydrogen-bond donors (Lipinski definition) is 1. The number of methoxy groups -OCH3 is 1. The van der Waals surface area contributed by atoms with Crippen molar-refractivity contribution in [3.8, 4) is 5.88 Å². The minimum atomic E-state index is 0.111. The van der Waals surface area contributed by atoms with Crippen molar-refractivity contribution in [2.75, 3.05) is 14.2 Å². The number of rotatable bonds is 5. The Labute approximate surface area is 117 Å². The molecular weight excluding hydrogens is 262 g/mol. The molecular formula is C14H16ClN3O. The molecule has 0 radical (unpaired) electrons. The van der Waals surface area contributed by atoms with Crippen molar-refractivity contribution in [1.29, 1.82) is 0 Å². The summed E-state index contributed by atoms with van der Waals surface area (Å²) in [6.45, 7) is 0. The summed E-state index contributed by atoms with van der Waals surface area (Å²) < 4.78 is 5.01. The van der Waals surface area contributed by atoms with E-state index >= 15 is 0 Å². The number of nitrogens with one attached hydrogen (secondary N) is 1. The number of aromatic nitrogens is 2. The zero-order valence-corrected chi connectivity index (χ0v) is 11.7. The van der Waals surface area contributed by atoms with Crippen molar-refractivity contribution in [3.05, 3.63) is 52.7 Å². The fourth-order valence-electron chi connectivity index (χ4n) is 1.84. The number of ether oxygens (including phenoxy) is 1. The molecule has 0 saturated carbocycles. The number of hydrogen-bond acceptors (Lipinski definition) is 4. The molecule has 0 aliphatic carbocycles. The number of nitrogens with zero attached hydrogens (tertiary/aromatic N) is 2. The molecule has 1 unspecified atom stereocenters. The van der Waals surface area contributed by atoms with Crippen LogP contribution in [0.1, 0.15) is 17.3 Å². The van der Waals surface area contributed by atoms with Gasteiger partial charge in [-0.15, -0.1) is 5.10 Å².